The van der Waals surface area contributed by atoms with Crippen LogP contribution < -0.4 is 0 Å². The summed E-state index contributed by atoms with van der Waals surface area (Å²) in [4.78, 5) is 0. The Morgan fingerprint density at radius 2 is 1.89 bits per heavy atom. The third-order valence-electron chi connectivity index (χ3n) is 4.29. The standard InChI is InChI=1S/C16H19Cl2N/c1-11(10-19)13-5-3-2-4-6-14(13)12-7-8-15(17)16(18)9-12/h7-9,11,13-14H,2-6H2,1H3. The first-order chi connectivity index (χ1) is 9.13. The number of benzene rings is 1. The maximum absolute atomic E-state index is 9.25. The van der Waals surface area contributed by atoms with Crippen molar-refractivity contribution in [2.45, 2.75) is 44.9 Å². The fourth-order valence-electron chi connectivity index (χ4n) is 3.19. The van der Waals surface area contributed by atoms with Crippen LogP contribution >= 0.6 is 23.2 Å². The average Bonchev–Trinajstić information content (AvgIpc) is 2.66. The Kier molecular flexibility index (Phi) is 5.13. The summed E-state index contributed by atoms with van der Waals surface area (Å²) in [7, 11) is 0. The molecule has 1 saturated carbocycles. The van der Waals surface area contributed by atoms with Gasteiger partial charge in [-0.25, -0.2) is 0 Å². The fourth-order valence-corrected chi connectivity index (χ4v) is 3.49. The highest BCUT2D eigenvalue weighted by Gasteiger charge is 2.29. The second kappa shape index (κ2) is 6.64. The van der Waals surface area contributed by atoms with Gasteiger partial charge in [-0.15, -0.1) is 0 Å². The number of nitrogens with zero attached hydrogens (tertiary/aromatic N) is 1. The highest BCUT2D eigenvalue weighted by atomic mass is 35.5. The second-order valence-corrected chi connectivity index (χ2v) is 6.31. The Morgan fingerprint density at radius 3 is 2.58 bits per heavy atom. The van der Waals surface area contributed by atoms with Crippen molar-refractivity contribution in [2.24, 2.45) is 11.8 Å². The third-order valence-corrected chi connectivity index (χ3v) is 5.03. The van der Waals surface area contributed by atoms with Crippen LogP contribution in [0, 0.1) is 23.2 Å². The minimum Gasteiger partial charge on any atom is -0.198 e. The summed E-state index contributed by atoms with van der Waals surface area (Å²) in [5, 5.41) is 10.5. The highest BCUT2D eigenvalue weighted by molar-refractivity contribution is 6.42. The van der Waals surface area contributed by atoms with Gasteiger partial charge in [-0.05, 0) is 49.3 Å². The van der Waals surface area contributed by atoms with Gasteiger partial charge in [0.1, 0.15) is 0 Å². The van der Waals surface area contributed by atoms with E-state index in [1.807, 2.05) is 19.1 Å². The van der Waals surface area contributed by atoms with Gasteiger partial charge < -0.3 is 0 Å². The Labute approximate surface area is 125 Å². The number of hydrogen-bond donors (Lipinski definition) is 0. The molecule has 3 unspecified atom stereocenters. The lowest BCUT2D eigenvalue weighted by Gasteiger charge is -2.27. The Balaban J connectivity index is 2.31. The first-order valence-corrected chi connectivity index (χ1v) is 7.73. The van der Waals surface area contributed by atoms with Crippen molar-refractivity contribution in [1.29, 1.82) is 5.26 Å². The molecule has 0 amide bonds. The Morgan fingerprint density at radius 1 is 1.16 bits per heavy atom. The van der Waals surface area contributed by atoms with Crippen LogP contribution in [0.15, 0.2) is 18.2 Å². The summed E-state index contributed by atoms with van der Waals surface area (Å²) in [5.74, 6) is 0.967. The molecule has 19 heavy (non-hydrogen) atoms. The first kappa shape index (κ1) is 14.7. The monoisotopic (exact) mass is 295 g/mol. The SMILES string of the molecule is CC(C#N)C1CCCCCC1c1ccc(Cl)c(Cl)c1. The molecule has 0 saturated heterocycles. The summed E-state index contributed by atoms with van der Waals surface area (Å²) in [6.45, 7) is 2.04. The molecule has 0 bridgehead atoms. The Hall–Kier alpha value is -0.710. The molecule has 1 aromatic rings. The van der Waals surface area contributed by atoms with E-state index in [4.69, 9.17) is 23.2 Å². The lowest BCUT2D eigenvalue weighted by Crippen LogP contribution is -2.18. The molecule has 0 spiro atoms. The molecule has 102 valence electrons. The van der Waals surface area contributed by atoms with Crippen LogP contribution in [-0.2, 0) is 0 Å². The zero-order chi connectivity index (χ0) is 13.8. The van der Waals surface area contributed by atoms with E-state index in [1.54, 1.807) is 0 Å². The van der Waals surface area contributed by atoms with E-state index < -0.39 is 0 Å². The molecular formula is C16H19Cl2N. The molecule has 1 aliphatic rings. The summed E-state index contributed by atoms with van der Waals surface area (Å²) in [6.07, 6.45) is 6.02. The number of nitriles is 1. The van der Waals surface area contributed by atoms with Gasteiger partial charge in [-0.3, -0.25) is 0 Å². The molecule has 0 N–H and O–H groups in total. The van der Waals surface area contributed by atoms with Crippen molar-refractivity contribution >= 4 is 23.2 Å². The normalized spacial score (nSPS) is 25.4. The zero-order valence-electron chi connectivity index (χ0n) is 11.2. The highest BCUT2D eigenvalue weighted by Crippen LogP contribution is 2.41. The molecule has 0 aliphatic heterocycles. The van der Waals surface area contributed by atoms with Crippen LogP contribution in [0.5, 0.6) is 0 Å². The molecule has 0 heterocycles. The van der Waals surface area contributed by atoms with Crippen molar-refractivity contribution < 1.29 is 0 Å². The number of hydrogen-bond acceptors (Lipinski definition) is 1. The van der Waals surface area contributed by atoms with Crippen molar-refractivity contribution in [3.8, 4) is 6.07 Å². The van der Waals surface area contributed by atoms with Gasteiger partial charge in [-0.1, -0.05) is 48.5 Å². The van der Waals surface area contributed by atoms with Gasteiger partial charge in [0.2, 0.25) is 0 Å². The predicted molar refractivity (Wildman–Crippen MR) is 80.6 cm³/mol. The quantitative estimate of drug-likeness (QED) is 0.631. The van der Waals surface area contributed by atoms with Crippen molar-refractivity contribution in [1.82, 2.24) is 0 Å². The molecule has 1 aromatic carbocycles. The van der Waals surface area contributed by atoms with E-state index in [9.17, 15) is 5.26 Å². The molecule has 0 aromatic heterocycles. The van der Waals surface area contributed by atoms with E-state index in [2.05, 4.69) is 12.1 Å². The average molecular weight is 296 g/mol. The molecule has 3 heteroatoms. The van der Waals surface area contributed by atoms with E-state index in [1.165, 1.54) is 24.8 Å². The summed E-state index contributed by atoms with van der Waals surface area (Å²) in [5.41, 5.74) is 1.24. The third kappa shape index (κ3) is 3.44. The largest absolute Gasteiger partial charge is 0.198 e. The second-order valence-electron chi connectivity index (χ2n) is 5.50. The summed E-state index contributed by atoms with van der Waals surface area (Å²) in [6, 6.07) is 8.36. The Bertz CT molecular complexity index is 478. The van der Waals surface area contributed by atoms with Crippen LogP contribution in [0.25, 0.3) is 0 Å². The van der Waals surface area contributed by atoms with Crippen molar-refractivity contribution in [3.63, 3.8) is 0 Å². The lowest BCUT2D eigenvalue weighted by atomic mass is 9.76. The smallest absolute Gasteiger partial charge is 0.0656 e. The minimum absolute atomic E-state index is 0.0950. The van der Waals surface area contributed by atoms with Crippen molar-refractivity contribution in [2.75, 3.05) is 0 Å². The van der Waals surface area contributed by atoms with E-state index in [0.717, 1.165) is 12.8 Å². The van der Waals surface area contributed by atoms with Gasteiger partial charge in [0.25, 0.3) is 0 Å². The van der Waals surface area contributed by atoms with E-state index in [-0.39, 0.29) is 5.92 Å². The molecule has 2 rings (SSSR count). The summed E-state index contributed by atoms with van der Waals surface area (Å²) >= 11 is 12.1. The molecule has 3 atom stereocenters. The van der Waals surface area contributed by atoms with E-state index in [0.29, 0.717) is 21.9 Å². The summed E-state index contributed by atoms with van der Waals surface area (Å²) < 4.78 is 0. The topological polar surface area (TPSA) is 23.8 Å². The lowest BCUT2D eigenvalue weighted by molar-refractivity contribution is 0.331. The van der Waals surface area contributed by atoms with Crippen molar-refractivity contribution in [3.05, 3.63) is 33.8 Å². The maximum Gasteiger partial charge on any atom is 0.0656 e. The maximum atomic E-state index is 9.25. The molecule has 1 aliphatic carbocycles. The van der Waals surface area contributed by atoms with Crippen LogP contribution in [0.2, 0.25) is 10.0 Å². The first-order valence-electron chi connectivity index (χ1n) is 6.98. The minimum atomic E-state index is 0.0950. The van der Waals surface area contributed by atoms with Gasteiger partial charge in [0.05, 0.1) is 16.1 Å². The molecule has 0 radical (unpaired) electrons. The van der Waals surface area contributed by atoms with Gasteiger partial charge in [-0.2, -0.15) is 5.26 Å². The zero-order valence-corrected chi connectivity index (χ0v) is 12.7. The molecule has 1 nitrogen and oxygen atoms in total. The van der Waals surface area contributed by atoms with Crippen LogP contribution in [0.1, 0.15) is 50.5 Å². The van der Waals surface area contributed by atoms with E-state index >= 15 is 0 Å². The molecular weight excluding hydrogens is 277 g/mol. The number of halogens is 2. The molecule has 1 fully saturated rings. The van der Waals surface area contributed by atoms with Gasteiger partial charge in [0.15, 0.2) is 0 Å². The van der Waals surface area contributed by atoms with Crippen LogP contribution in [-0.4, -0.2) is 0 Å². The predicted octanol–water partition coefficient (Wildman–Crippen LogP) is 5.82. The van der Waals surface area contributed by atoms with Gasteiger partial charge >= 0.3 is 0 Å². The number of rotatable bonds is 2. The fraction of sp³-hybridized carbons (Fsp3) is 0.562. The van der Waals surface area contributed by atoms with Crippen LogP contribution in [0.4, 0.5) is 0 Å². The van der Waals surface area contributed by atoms with Gasteiger partial charge in [0, 0.05) is 5.92 Å². The van der Waals surface area contributed by atoms with Crippen LogP contribution in [0.3, 0.4) is 0 Å².